The van der Waals surface area contributed by atoms with E-state index in [1.54, 1.807) is 30.1 Å². The van der Waals surface area contributed by atoms with Crippen LogP contribution in [0, 0.1) is 0 Å². The van der Waals surface area contributed by atoms with E-state index in [4.69, 9.17) is 4.74 Å². The molecule has 3 rings (SSSR count). The van der Waals surface area contributed by atoms with Gasteiger partial charge in [0.1, 0.15) is 0 Å². The van der Waals surface area contributed by atoms with E-state index in [1.807, 2.05) is 18.2 Å². The van der Waals surface area contributed by atoms with Crippen LogP contribution in [0.15, 0.2) is 58.9 Å². The minimum absolute atomic E-state index is 0.135. The number of rotatable bonds is 6. The molecule has 7 heteroatoms. The van der Waals surface area contributed by atoms with Crippen molar-refractivity contribution in [1.29, 1.82) is 0 Å². The zero-order valence-electron chi connectivity index (χ0n) is 13.4. The van der Waals surface area contributed by atoms with E-state index >= 15 is 0 Å². The third-order valence-electron chi connectivity index (χ3n) is 3.76. The molecule has 0 bridgehead atoms. The lowest BCUT2D eigenvalue weighted by molar-refractivity contribution is 0.188. The summed E-state index contributed by atoms with van der Waals surface area (Å²) in [6, 6.07) is 9.13. The smallest absolute Gasteiger partial charge is 0.337 e. The van der Waals surface area contributed by atoms with Gasteiger partial charge in [0.15, 0.2) is 11.2 Å². The number of benzene rings is 1. The Hall–Kier alpha value is -2.93. The van der Waals surface area contributed by atoms with Gasteiger partial charge in [0.05, 0.1) is 18.6 Å². The number of ether oxygens (including phenoxy) is 1. The number of hydrogen-bond donors (Lipinski definition) is 0. The Morgan fingerprint density at radius 3 is 2.67 bits per heavy atom. The van der Waals surface area contributed by atoms with Gasteiger partial charge in [0.25, 0.3) is 5.56 Å². The number of aromatic nitrogens is 4. The molecule has 0 radical (unpaired) electrons. The molecule has 2 aromatic heterocycles. The number of hydrogen-bond acceptors (Lipinski definition) is 4. The fourth-order valence-corrected chi connectivity index (χ4v) is 2.64. The van der Waals surface area contributed by atoms with Crippen LogP contribution in [0.5, 0.6) is 0 Å². The molecule has 1 aromatic carbocycles. The standard InChI is InChI=1S/C17H18N4O3/c1-3-9-20-16(22)14-15(18-12-19(14)10-11-24-2)21(17(20)23)13-7-5-4-6-8-13/h3-8,12H,1,9-11H2,2H3. The monoisotopic (exact) mass is 326 g/mol. The van der Waals surface area contributed by atoms with Gasteiger partial charge in [-0.05, 0) is 12.1 Å². The Morgan fingerprint density at radius 2 is 2.00 bits per heavy atom. The van der Waals surface area contributed by atoms with Gasteiger partial charge in [0, 0.05) is 20.2 Å². The van der Waals surface area contributed by atoms with Crippen molar-refractivity contribution in [3.8, 4) is 5.69 Å². The van der Waals surface area contributed by atoms with Crippen molar-refractivity contribution < 1.29 is 4.74 Å². The Labute approximate surface area is 138 Å². The fraction of sp³-hybridized carbons (Fsp3) is 0.235. The van der Waals surface area contributed by atoms with Gasteiger partial charge < -0.3 is 9.30 Å². The molecule has 0 amide bonds. The van der Waals surface area contributed by atoms with Crippen LogP contribution in [-0.2, 0) is 17.8 Å². The molecule has 24 heavy (non-hydrogen) atoms. The normalized spacial score (nSPS) is 11.0. The third kappa shape index (κ3) is 2.59. The maximum Gasteiger partial charge on any atom is 0.337 e. The molecule has 0 spiro atoms. The SMILES string of the molecule is C=CCn1c(=O)c2c(ncn2CCOC)n(-c2ccccc2)c1=O. The number of allylic oxidation sites excluding steroid dienone is 1. The van der Waals surface area contributed by atoms with E-state index in [2.05, 4.69) is 11.6 Å². The molecule has 124 valence electrons. The van der Waals surface area contributed by atoms with Gasteiger partial charge >= 0.3 is 5.69 Å². The molecule has 0 N–H and O–H groups in total. The van der Waals surface area contributed by atoms with Crippen molar-refractivity contribution in [1.82, 2.24) is 18.7 Å². The summed E-state index contributed by atoms with van der Waals surface area (Å²) in [5.74, 6) is 0. The van der Waals surface area contributed by atoms with Crippen LogP contribution in [0.2, 0.25) is 0 Å². The first-order chi connectivity index (χ1) is 11.7. The van der Waals surface area contributed by atoms with Crippen molar-refractivity contribution in [2.45, 2.75) is 13.1 Å². The summed E-state index contributed by atoms with van der Waals surface area (Å²) in [5, 5.41) is 0. The Morgan fingerprint density at radius 1 is 1.25 bits per heavy atom. The predicted molar refractivity (Wildman–Crippen MR) is 91.7 cm³/mol. The quantitative estimate of drug-likeness (QED) is 0.638. The van der Waals surface area contributed by atoms with Crippen molar-refractivity contribution in [2.75, 3.05) is 13.7 Å². The summed E-state index contributed by atoms with van der Waals surface area (Å²) in [5.41, 5.74) is 0.554. The summed E-state index contributed by atoms with van der Waals surface area (Å²) in [7, 11) is 1.59. The first-order valence-electron chi connectivity index (χ1n) is 7.55. The fourth-order valence-electron chi connectivity index (χ4n) is 2.64. The molecule has 0 aliphatic rings. The van der Waals surface area contributed by atoms with E-state index in [9.17, 15) is 9.59 Å². The van der Waals surface area contributed by atoms with Gasteiger partial charge in [-0.1, -0.05) is 24.3 Å². The average Bonchev–Trinajstić information content (AvgIpc) is 3.01. The highest BCUT2D eigenvalue weighted by Gasteiger charge is 2.18. The molecule has 7 nitrogen and oxygen atoms in total. The van der Waals surface area contributed by atoms with Crippen LogP contribution in [0.4, 0.5) is 0 Å². The average molecular weight is 326 g/mol. The van der Waals surface area contributed by atoms with E-state index in [-0.39, 0.29) is 12.1 Å². The van der Waals surface area contributed by atoms with E-state index in [0.717, 1.165) is 4.57 Å². The summed E-state index contributed by atoms with van der Waals surface area (Å²) < 4.78 is 9.39. The first-order valence-corrected chi connectivity index (χ1v) is 7.55. The number of methoxy groups -OCH3 is 1. The van der Waals surface area contributed by atoms with Crippen molar-refractivity contribution >= 4 is 11.2 Å². The van der Waals surface area contributed by atoms with Crippen LogP contribution < -0.4 is 11.2 Å². The van der Waals surface area contributed by atoms with Gasteiger partial charge in [-0.2, -0.15) is 0 Å². The molecule has 0 saturated heterocycles. The minimum Gasteiger partial charge on any atom is -0.383 e. The lowest BCUT2D eigenvalue weighted by Crippen LogP contribution is -2.39. The third-order valence-corrected chi connectivity index (χ3v) is 3.76. The van der Waals surface area contributed by atoms with Crippen LogP contribution in [0.1, 0.15) is 0 Å². The van der Waals surface area contributed by atoms with Gasteiger partial charge in [-0.15, -0.1) is 6.58 Å². The number of nitrogens with zero attached hydrogens (tertiary/aromatic N) is 4. The zero-order chi connectivity index (χ0) is 17.1. The second-order valence-electron chi connectivity index (χ2n) is 5.26. The maximum absolute atomic E-state index is 12.8. The van der Waals surface area contributed by atoms with Crippen molar-refractivity contribution in [3.63, 3.8) is 0 Å². The summed E-state index contributed by atoms with van der Waals surface area (Å²) in [4.78, 5) is 29.9. The minimum atomic E-state index is -0.435. The van der Waals surface area contributed by atoms with E-state index < -0.39 is 5.69 Å². The number of imidazole rings is 1. The second-order valence-corrected chi connectivity index (χ2v) is 5.26. The van der Waals surface area contributed by atoms with E-state index in [0.29, 0.717) is 30.0 Å². The largest absolute Gasteiger partial charge is 0.383 e. The van der Waals surface area contributed by atoms with Gasteiger partial charge in [-0.25, -0.2) is 14.3 Å². The molecular formula is C17H18N4O3. The summed E-state index contributed by atoms with van der Waals surface area (Å²) in [6.45, 7) is 4.68. The molecule has 2 heterocycles. The van der Waals surface area contributed by atoms with Crippen LogP contribution >= 0.6 is 0 Å². The predicted octanol–water partition coefficient (Wildman–Crippen LogP) is 1.18. The molecule has 0 atom stereocenters. The highest BCUT2D eigenvalue weighted by atomic mass is 16.5. The highest BCUT2D eigenvalue weighted by molar-refractivity contribution is 5.72. The molecule has 3 aromatic rings. The lowest BCUT2D eigenvalue weighted by Gasteiger charge is -2.11. The number of para-hydroxylation sites is 1. The van der Waals surface area contributed by atoms with Gasteiger partial charge in [-0.3, -0.25) is 9.36 Å². The summed E-state index contributed by atoms with van der Waals surface area (Å²) in [6.07, 6.45) is 3.09. The Balaban J connectivity index is 2.38. The lowest BCUT2D eigenvalue weighted by atomic mass is 10.3. The highest BCUT2D eigenvalue weighted by Crippen LogP contribution is 2.12. The molecule has 0 unspecified atom stereocenters. The molecule has 0 aliphatic heterocycles. The summed E-state index contributed by atoms with van der Waals surface area (Å²) >= 11 is 0. The molecule has 0 fully saturated rings. The number of fused-ring (bicyclic) bond motifs is 1. The zero-order valence-corrected chi connectivity index (χ0v) is 13.4. The van der Waals surface area contributed by atoms with Crippen LogP contribution in [-0.4, -0.2) is 32.4 Å². The second kappa shape index (κ2) is 6.67. The van der Waals surface area contributed by atoms with Gasteiger partial charge in [0.2, 0.25) is 0 Å². The Bertz CT molecular complexity index is 983. The Kier molecular flexibility index (Phi) is 4.43. The van der Waals surface area contributed by atoms with E-state index in [1.165, 1.54) is 10.6 Å². The van der Waals surface area contributed by atoms with Crippen LogP contribution in [0.3, 0.4) is 0 Å². The maximum atomic E-state index is 12.8. The van der Waals surface area contributed by atoms with Crippen LogP contribution in [0.25, 0.3) is 16.9 Å². The topological polar surface area (TPSA) is 71.0 Å². The van der Waals surface area contributed by atoms with Crippen molar-refractivity contribution in [2.24, 2.45) is 0 Å². The molecule has 0 saturated carbocycles. The first kappa shape index (κ1) is 15.9. The molecular weight excluding hydrogens is 308 g/mol. The van der Waals surface area contributed by atoms with Crippen molar-refractivity contribution in [3.05, 3.63) is 70.2 Å². The molecule has 0 aliphatic carbocycles.